The molecule has 0 bridgehead atoms. The van der Waals surface area contributed by atoms with E-state index in [4.69, 9.17) is 28.4 Å². The zero-order chi connectivity index (χ0) is 29.7. The van der Waals surface area contributed by atoms with E-state index >= 15 is 0 Å². The summed E-state index contributed by atoms with van der Waals surface area (Å²) < 4.78 is 32.6. The topological polar surface area (TPSA) is 89.5 Å². The fourth-order valence-electron chi connectivity index (χ4n) is 3.57. The van der Waals surface area contributed by atoms with E-state index in [0.29, 0.717) is 50.1 Å². The molecule has 0 aliphatic heterocycles. The monoisotopic (exact) mass is 564 g/mol. The lowest BCUT2D eigenvalue weighted by atomic mass is 9.82. The third-order valence-corrected chi connectivity index (χ3v) is 6.57. The first kappa shape index (κ1) is 31.6. The van der Waals surface area contributed by atoms with Crippen LogP contribution in [0.15, 0.2) is 72.8 Å². The smallest absolute Gasteiger partial charge is 0.343 e. The molecular weight excluding hydrogens is 524 g/mol. The molecule has 41 heavy (non-hydrogen) atoms. The van der Waals surface area contributed by atoms with E-state index < -0.39 is 5.97 Å². The molecule has 0 aromatic heterocycles. The van der Waals surface area contributed by atoms with Crippen LogP contribution in [-0.4, -0.2) is 58.7 Å². The molecule has 1 unspecified atom stereocenters. The van der Waals surface area contributed by atoms with Crippen molar-refractivity contribution < 1.29 is 38.0 Å². The highest BCUT2D eigenvalue weighted by atomic mass is 16.6. The quantitative estimate of drug-likeness (QED) is 0.122. The largest absolute Gasteiger partial charge is 0.497 e. The SMILES string of the molecule is COc1ccc(-c2ccc(OC(=O)c3ccc(OCCOCCOCCOC(=O)C(C)C(C)(C)C)cc3)cc2)cc1. The van der Waals surface area contributed by atoms with Crippen molar-refractivity contribution in [3.05, 3.63) is 78.4 Å². The predicted molar refractivity (Wildman–Crippen MR) is 157 cm³/mol. The maximum Gasteiger partial charge on any atom is 0.343 e. The molecule has 0 N–H and O–H groups in total. The molecule has 0 aliphatic carbocycles. The van der Waals surface area contributed by atoms with Crippen molar-refractivity contribution >= 4 is 11.9 Å². The second kappa shape index (κ2) is 15.8. The molecule has 0 radical (unpaired) electrons. The van der Waals surface area contributed by atoms with Crippen molar-refractivity contribution in [2.45, 2.75) is 27.7 Å². The first-order valence-corrected chi connectivity index (χ1v) is 13.7. The zero-order valence-electron chi connectivity index (χ0n) is 24.5. The highest BCUT2D eigenvalue weighted by molar-refractivity contribution is 5.91. The Morgan fingerprint density at radius 2 is 1.15 bits per heavy atom. The average Bonchev–Trinajstić information content (AvgIpc) is 2.97. The van der Waals surface area contributed by atoms with Gasteiger partial charge in [0.25, 0.3) is 0 Å². The lowest BCUT2D eigenvalue weighted by Gasteiger charge is -2.25. The van der Waals surface area contributed by atoms with E-state index in [-0.39, 0.29) is 23.9 Å². The van der Waals surface area contributed by atoms with E-state index in [2.05, 4.69) is 0 Å². The first-order chi connectivity index (χ1) is 19.7. The Kier molecular flexibility index (Phi) is 12.2. The molecule has 0 amide bonds. The number of ether oxygens (including phenoxy) is 6. The van der Waals surface area contributed by atoms with Crippen molar-refractivity contribution in [3.63, 3.8) is 0 Å². The van der Waals surface area contributed by atoms with Crippen LogP contribution in [0, 0.1) is 11.3 Å². The fraction of sp³-hybridized carbons (Fsp3) is 0.394. The number of carbonyl (C=O) groups excluding carboxylic acids is 2. The van der Waals surface area contributed by atoms with Crippen molar-refractivity contribution in [1.82, 2.24) is 0 Å². The van der Waals surface area contributed by atoms with Crippen LogP contribution in [0.1, 0.15) is 38.1 Å². The number of esters is 2. The number of carbonyl (C=O) groups is 2. The zero-order valence-corrected chi connectivity index (χ0v) is 24.5. The highest BCUT2D eigenvalue weighted by Gasteiger charge is 2.27. The molecule has 0 saturated heterocycles. The van der Waals surface area contributed by atoms with Crippen molar-refractivity contribution in [3.8, 4) is 28.4 Å². The summed E-state index contributed by atoms with van der Waals surface area (Å²) >= 11 is 0. The number of hydrogen-bond acceptors (Lipinski definition) is 8. The van der Waals surface area contributed by atoms with Crippen LogP contribution in [0.25, 0.3) is 11.1 Å². The standard InChI is InChI=1S/C33H40O8/c1-24(33(2,3)4)31(34)40-23-21-38-19-18-37-20-22-39-29-14-10-27(11-15-29)32(35)41-30-16-8-26(9-17-30)25-6-12-28(36-5)13-7-25/h6-17,24H,18-23H2,1-5H3. The molecule has 8 heteroatoms. The minimum Gasteiger partial charge on any atom is -0.497 e. The molecule has 3 aromatic rings. The minimum atomic E-state index is -0.449. The number of methoxy groups -OCH3 is 1. The maximum absolute atomic E-state index is 12.5. The molecule has 0 fully saturated rings. The molecule has 220 valence electrons. The normalized spacial score (nSPS) is 11.9. The van der Waals surface area contributed by atoms with Crippen molar-refractivity contribution in [1.29, 1.82) is 0 Å². The van der Waals surface area contributed by atoms with E-state index in [1.54, 1.807) is 43.5 Å². The van der Waals surface area contributed by atoms with Crippen LogP contribution in [-0.2, 0) is 19.0 Å². The van der Waals surface area contributed by atoms with Gasteiger partial charge in [0.1, 0.15) is 30.5 Å². The Balaban J connectivity index is 1.28. The summed E-state index contributed by atoms with van der Waals surface area (Å²) in [4.78, 5) is 24.5. The molecule has 0 spiro atoms. The highest BCUT2D eigenvalue weighted by Crippen LogP contribution is 2.26. The predicted octanol–water partition coefficient (Wildman–Crippen LogP) is 6.22. The minimum absolute atomic E-state index is 0.130. The number of hydrogen-bond donors (Lipinski definition) is 0. The van der Waals surface area contributed by atoms with Gasteiger partial charge in [-0.05, 0) is 65.1 Å². The molecule has 3 aromatic carbocycles. The summed E-state index contributed by atoms with van der Waals surface area (Å²) in [6.07, 6.45) is 0. The molecular formula is C33H40O8. The molecule has 1 atom stereocenters. The van der Waals surface area contributed by atoms with Crippen LogP contribution >= 0.6 is 0 Å². The second-order valence-corrected chi connectivity index (χ2v) is 10.5. The second-order valence-electron chi connectivity index (χ2n) is 10.5. The molecule has 0 saturated carbocycles. The van der Waals surface area contributed by atoms with Gasteiger partial charge in [0.2, 0.25) is 0 Å². The molecule has 0 aliphatic rings. The Labute approximate surface area is 242 Å². The third kappa shape index (κ3) is 10.6. The van der Waals surface area contributed by atoms with E-state index in [1.807, 2.05) is 64.1 Å². The van der Waals surface area contributed by atoms with Gasteiger partial charge in [-0.25, -0.2) is 4.79 Å². The van der Waals surface area contributed by atoms with E-state index in [9.17, 15) is 9.59 Å². The number of benzene rings is 3. The van der Waals surface area contributed by atoms with Gasteiger partial charge < -0.3 is 28.4 Å². The van der Waals surface area contributed by atoms with Crippen LogP contribution < -0.4 is 14.2 Å². The van der Waals surface area contributed by atoms with Crippen molar-refractivity contribution in [2.75, 3.05) is 46.8 Å². The lowest BCUT2D eigenvalue weighted by Crippen LogP contribution is -2.28. The van der Waals surface area contributed by atoms with E-state index in [1.165, 1.54) is 0 Å². The molecule has 3 rings (SSSR count). The van der Waals surface area contributed by atoms with Crippen LogP contribution in [0.3, 0.4) is 0 Å². The Morgan fingerprint density at radius 3 is 1.68 bits per heavy atom. The first-order valence-electron chi connectivity index (χ1n) is 13.7. The molecule has 8 nitrogen and oxygen atoms in total. The fourth-order valence-corrected chi connectivity index (χ4v) is 3.57. The van der Waals surface area contributed by atoms with Gasteiger partial charge in [0.05, 0.1) is 45.0 Å². The summed E-state index contributed by atoms with van der Waals surface area (Å²) in [6, 6.07) is 21.8. The van der Waals surface area contributed by atoms with Gasteiger partial charge in [0, 0.05) is 0 Å². The molecule has 0 heterocycles. The van der Waals surface area contributed by atoms with Gasteiger partial charge in [0.15, 0.2) is 0 Å². The average molecular weight is 565 g/mol. The Hall–Kier alpha value is -3.88. The van der Waals surface area contributed by atoms with E-state index in [0.717, 1.165) is 16.9 Å². The summed E-state index contributed by atoms with van der Waals surface area (Å²) in [5.74, 6) is 1.04. The van der Waals surface area contributed by atoms with Gasteiger partial charge >= 0.3 is 11.9 Å². The van der Waals surface area contributed by atoms with Crippen LogP contribution in [0.2, 0.25) is 0 Å². The van der Waals surface area contributed by atoms with Crippen molar-refractivity contribution in [2.24, 2.45) is 11.3 Å². The van der Waals surface area contributed by atoms with Crippen LogP contribution in [0.4, 0.5) is 0 Å². The van der Waals surface area contributed by atoms with Gasteiger partial charge in [-0.3, -0.25) is 4.79 Å². The maximum atomic E-state index is 12.5. The Bertz CT molecular complexity index is 1210. The summed E-state index contributed by atoms with van der Waals surface area (Å²) in [5.41, 5.74) is 2.34. The van der Waals surface area contributed by atoms with Crippen LogP contribution in [0.5, 0.6) is 17.2 Å². The third-order valence-electron chi connectivity index (χ3n) is 6.57. The Morgan fingerprint density at radius 1 is 0.659 bits per heavy atom. The van der Waals surface area contributed by atoms with Gasteiger partial charge in [-0.15, -0.1) is 0 Å². The summed E-state index contributed by atoms with van der Waals surface area (Å²) in [7, 11) is 1.63. The lowest BCUT2D eigenvalue weighted by molar-refractivity contribution is -0.153. The van der Waals surface area contributed by atoms with Gasteiger partial charge in [-0.1, -0.05) is 52.0 Å². The summed E-state index contributed by atoms with van der Waals surface area (Å²) in [5, 5.41) is 0. The summed E-state index contributed by atoms with van der Waals surface area (Å²) in [6.45, 7) is 9.98. The van der Waals surface area contributed by atoms with Gasteiger partial charge in [-0.2, -0.15) is 0 Å². The number of rotatable bonds is 15.